The molecule has 1 aromatic rings. The van der Waals surface area contributed by atoms with E-state index in [0.29, 0.717) is 29.5 Å². The molecule has 0 atom stereocenters. The number of Topliss-reactive ketones (excluding diaryl/α,β-unsaturated/α-hetero) is 1. The highest BCUT2D eigenvalue weighted by Crippen LogP contribution is 2.32. The Kier molecular flexibility index (Phi) is 4.80. The Morgan fingerprint density at radius 1 is 1.36 bits per heavy atom. The number of nitrogens with zero attached hydrogens (tertiary/aromatic N) is 1. The highest BCUT2D eigenvalue weighted by Gasteiger charge is 2.27. The number of hydrogen-bond donors (Lipinski definition) is 1. The van der Waals surface area contributed by atoms with Gasteiger partial charge in [0.2, 0.25) is 5.91 Å². The zero-order chi connectivity index (χ0) is 16.3. The van der Waals surface area contributed by atoms with Crippen molar-refractivity contribution in [1.29, 1.82) is 0 Å². The van der Waals surface area contributed by atoms with Crippen LogP contribution in [-0.2, 0) is 9.59 Å². The number of ketones is 1. The van der Waals surface area contributed by atoms with Gasteiger partial charge in [0.05, 0.1) is 5.69 Å². The molecule has 0 aromatic heterocycles. The molecule has 1 aliphatic rings. The molecule has 1 heterocycles. The van der Waals surface area contributed by atoms with E-state index in [2.05, 4.69) is 5.32 Å². The lowest BCUT2D eigenvalue weighted by molar-refractivity contribution is -0.125. The monoisotopic (exact) mass is 304 g/mol. The molecule has 0 bridgehead atoms. The van der Waals surface area contributed by atoms with Crippen molar-refractivity contribution in [2.75, 3.05) is 24.6 Å². The minimum absolute atomic E-state index is 0.0801. The van der Waals surface area contributed by atoms with Crippen molar-refractivity contribution in [2.45, 2.75) is 20.8 Å². The maximum atomic E-state index is 12.0. The van der Waals surface area contributed by atoms with Crippen LogP contribution < -0.4 is 15.0 Å². The molecule has 1 aromatic carbocycles. The van der Waals surface area contributed by atoms with Crippen molar-refractivity contribution in [3.8, 4) is 5.75 Å². The minimum atomic E-state index is -0.298. The lowest BCUT2D eigenvalue weighted by atomic mass is 10.1. The van der Waals surface area contributed by atoms with Gasteiger partial charge in [-0.25, -0.2) is 0 Å². The molecule has 22 heavy (non-hydrogen) atoms. The molecule has 0 saturated heterocycles. The van der Waals surface area contributed by atoms with Crippen LogP contribution >= 0.6 is 0 Å². The first-order chi connectivity index (χ1) is 10.4. The second-order valence-corrected chi connectivity index (χ2v) is 5.71. The molecule has 0 radical (unpaired) electrons. The van der Waals surface area contributed by atoms with Crippen molar-refractivity contribution in [2.24, 2.45) is 5.92 Å². The van der Waals surface area contributed by atoms with Crippen LogP contribution in [0.15, 0.2) is 18.2 Å². The first-order valence-electron chi connectivity index (χ1n) is 7.23. The fraction of sp³-hybridized carbons (Fsp3) is 0.438. The fourth-order valence-electron chi connectivity index (χ4n) is 2.11. The Morgan fingerprint density at radius 3 is 2.73 bits per heavy atom. The number of ether oxygens (including phenoxy) is 1. The van der Waals surface area contributed by atoms with Gasteiger partial charge < -0.3 is 10.1 Å². The Labute approximate surface area is 129 Å². The second kappa shape index (κ2) is 6.60. The highest BCUT2D eigenvalue weighted by molar-refractivity contribution is 6.04. The Morgan fingerprint density at radius 2 is 2.09 bits per heavy atom. The van der Waals surface area contributed by atoms with Gasteiger partial charge in [0, 0.05) is 12.1 Å². The molecular weight excluding hydrogens is 284 g/mol. The van der Waals surface area contributed by atoms with E-state index < -0.39 is 0 Å². The summed E-state index contributed by atoms with van der Waals surface area (Å²) in [5.41, 5.74) is 0.938. The zero-order valence-corrected chi connectivity index (χ0v) is 13.0. The molecule has 0 fully saturated rings. The van der Waals surface area contributed by atoms with Gasteiger partial charge in [0.15, 0.2) is 12.4 Å². The maximum Gasteiger partial charge on any atom is 0.265 e. The van der Waals surface area contributed by atoms with Crippen molar-refractivity contribution >= 4 is 23.3 Å². The lowest BCUT2D eigenvalue weighted by Crippen LogP contribution is -2.45. The van der Waals surface area contributed by atoms with Gasteiger partial charge in [-0.3, -0.25) is 19.3 Å². The first kappa shape index (κ1) is 16.0. The van der Waals surface area contributed by atoms with Crippen LogP contribution in [-0.4, -0.2) is 37.3 Å². The summed E-state index contributed by atoms with van der Waals surface area (Å²) in [5.74, 6) is 0.197. The van der Waals surface area contributed by atoms with Crippen LogP contribution in [0, 0.1) is 5.92 Å². The number of carbonyl (C=O) groups is 3. The zero-order valence-electron chi connectivity index (χ0n) is 13.0. The molecule has 1 N–H and O–H groups in total. The van der Waals surface area contributed by atoms with Gasteiger partial charge in [-0.2, -0.15) is 0 Å². The standard InChI is InChI=1S/C16H20N2O4/c1-10(2)7-17-15(20)8-18-13-6-12(11(3)19)4-5-14(13)22-9-16(18)21/h4-6,10H,7-9H2,1-3H3,(H,17,20). The molecule has 1 aliphatic heterocycles. The predicted molar refractivity (Wildman–Crippen MR) is 82.1 cm³/mol. The van der Waals surface area contributed by atoms with Crippen molar-refractivity contribution in [3.05, 3.63) is 23.8 Å². The predicted octanol–water partition coefficient (Wildman–Crippen LogP) is 1.39. The average molecular weight is 304 g/mol. The SMILES string of the molecule is CC(=O)c1ccc2c(c1)N(CC(=O)NCC(C)C)C(=O)CO2. The summed E-state index contributed by atoms with van der Waals surface area (Å²) in [5, 5.41) is 2.78. The summed E-state index contributed by atoms with van der Waals surface area (Å²) >= 11 is 0. The third kappa shape index (κ3) is 3.63. The maximum absolute atomic E-state index is 12.0. The van der Waals surface area contributed by atoms with Crippen LogP contribution in [0.3, 0.4) is 0 Å². The summed E-state index contributed by atoms with van der Waals surface area (Å²) < 4.78 is 5.35. The first-order valence-corrected chi connectivity index (χ1v) is 7.23. The minimum Gasteiger partial charge on any atom is -0.482 e. The van der Waals surface area contributed by atoms with Crippen molar-refractivity contribution < 1.29 is 19.1 Å². The van der Waals surface area contributed by atoms with E-state index in [1.807, 2.05) is 13.8 Å². The molecule has 6 nitrogen and oxygen atoms in total. The number of carbonyl (C=O) groups excluding carboxylic acids is 3. The smallest absolute Gasteiger partial charge is 0.265 e. The van der Waals surface area contributed by atoms with Crippen LogP contribution in [0.4, 0.5) is 5.69 Å². The molecule has 2 amide bonds. The van der Waals surface area contributed by atoms with Crippen LogP contribution in [0.25, 0.3) is 0 Å². The molecule has 2 rings (SSSR count). The Balaban J connectivity index is 2.21. The number of fused-ring (bicyclic) bond motifs is 1. The topological polar surface area (TPSA) is 75.7 Å². The second-order valence-electron chi connectivity index (χ2n) is 5.71. The van der Waals surface area contributed by atoms with E-state index in [-0.39, 0.29) is 30.7 Å². The summed E-state index contributed by atoms with van der Waals surface area (Å²) in [6, 6.07) is 4.88. The van der Waals surface area contributed by atoms with Gasteiger partial charge in [0.1, 0.15) is 12.3 Å². The van der Waals surface area contributed by atoms with Crippen LogP contribution in [0.1, 0.15) is 31.1 Å². The molecule has 0 aliphatic carbocycles. The van der Waals surface area contributed by atoms with E-state index in [4.69, 9.17) is 4.74 Å². The number of benzene rings is 1. The third-order valence-electron chi connectivity index (χ3n) is 3.32. The number of hydrogen-bond acceptors (Lipinski definition) is 4. The van der Waals surface area contributed by atoms with E-state index >= 15 is 0 Å². The Hall–Kier alpha value is -2.37. The van der Waals surface area contributed by atoms with E-state index in [0.717, 1.165) is 0 Å². The Bertz CT molecular complexity index is 610. The summed E-state index contributed by atoms with van der Waals surface area (Å²) in [4.78, 5) is 36.9. The van der Waals surface area contributed by atoms with Gasteiger partial charge in [-0.1, -0.05) is 13.8 Å². The lowest BCUT2D eigenvalue weighted by Gasteiger charge is -2.29. The molecule has 0 saturated carbocycles. The number of anilines is 1. The number of rotatable bonds is 5. The summed E-state index contributed by atoms with van der Waals surface area (Å²) in [6.07, 6.45) is 0. The van der Waals surface area contributed by atoms with E-state index in [1.54, 1.807) is 18.2 Å². The van der Waals surface area contributed by atoms with Crippen molar-refractivity contribution in [1.82, 2.24) is 5.32 Å². The number of amides is 2. The normalized spacial score (nSPS) is 13.6. The van der Waals surface area contributed by atoms with E-state index in [9.17, 15) is 14.4 Å². The summed E-state index contributed by atoms with van der Waals surface area (Å²) in [6.45, 7) is 5.81. The van der Waals surface area contributed by atoms with Crippen LogP contribution in [0.2, 0.25) is 0 Å². The highest BCUT2D eigenvalue weighted by atomic mass is 16.5. The largest absolute Gasteiger partial charge is 0.482 e. The van der Waals surface area contributed by atoms with E-state index in [1.165, 1.54) is 11.8 Å². The quantitative estimate of drug-likeness (QED) is 0.834. The third-order valence-corrected chi connectivity index (χ3v) is 3.32. The summed E-state index contributed by atoms with van der Waals surface area (Å²) in [7, 11) is 0. The molecule has 6 heteroatoms. The van der Waals surface area contributed by atoms with Gasteiger partial charge in [-0.05, 0) is 31.0 Å². The fourth-order valence-corrected chi connectivity index (χ4v) is 2.11. The van der Waals surface area contributed by atoms with Gasteiger partial charge in [-0.15, -0.1) is 0 Å². The van der Waals surface area contributed by atoms with Crippen LogP contribution in [0.5, 0.6) is 5.75 Å². The molecule has 0 spiro atoms. The molecule has 118 valence electrons. The average Bonchev–Trinajstić information content (AvgIpc) is 2.47. The molecular formula is C16H20N2O4. The number of nitrogens with one attached hydrogen (secondary N) is 1. The van der Waals surface area contributed by atoms with Crippen molar-refractivity contribution in [3.63, 3.8) is 0 Å². The van der Waals surface area contributed by atoms with Gasteiger partial charge >= 0.3 is 0 Å². The van der Waals surface area contributed by atoms with Gasteiger partial charge in [0.25, 0.3) is 5.91 Å². The molecule has 0 unspecified atom stereocenters.